The van der Waals surface area contributed by atoms with Crippen molar-refractivity contribution in [2.24, 2.45) is 0 Å². The minimum Gasteiger partial charge on any atom is -0.355 e. The summed E-state index contributed by atoms with van der Waals surface area (Å²) in [5.41, 5.74) is 0. The van der Waals surface area contributed by atoms with Crippen LogP contribution in [0.25, 0.3) is 0 Å². The monoisotopic (exact) mass is 382 g/mol. The van der Waals surface area contributed by atoms with Gasteiger partial charge in [0.15, 0.2) is 0 Å². The number of nitrogens with one attached hydrogen (secondary N) is 2. The van der Waals surface area contributed by atoms with Gasteiger partial charge < -0.3 is 10.6 Å². The molecule has 2 amide bonds. The third-order valence-corrected chi connectivity index (χ3v) is 5.66. The second-order valence-electron chi connectivity index (χ2n) is 3.99. The van der Waals surface area contributed by atoms with Gasteiger partial charge in [0.25, 0.3) is 0 Å². The summed E-state index contributed by atoms with van der Waals surface area (Å²) in [5, 5.41) is 9.84. The van der Waals surface area contributed by atoms with Crippen LogP contribution in [-0.4, -0.2) is 59.4 Å². The van der Waals surface area contributed by atoms with E-state index in [0.29, 0.717) is 24.6 Å². The molecule has 0 aromatic carbocycles. The molecule has 0 fully saturated rings. The second kappa shape index (κ2) is 17.4. The number of thioether (sulfide) groups is 4. The van der Waals surface area contributed by atoms with Gasteiger partial charge in [-0.05, 0) is 22.3 Å². The predicted molar refractivity (Wildman–Crippen MR) is 106 cm³/mol. The summed E-state index contributed by atoms with van der Waals surface area (Å²) in [6.45, 7) is 5.50. The molecule has 22 heavy (non-hydrogen) atoms. The summed E-state index contributed by atoms with van der Waals surface area (Å²) in [6.07, 6.45) is 0. The molecule has 0 spiro atoms. The topological polar surface area (TPSA) is 58.2 Å². The summed E-state index contributed by atoms with van der Waals surface area (Å²) in [4.78, 5) is 22.7. The Balaban J connectivity index is 3.31. The van der Waals surface area contributed by atoms with Crippen molar-refractivity contribution in [1.29, 1.82) is 0 Å². The van der Waals surface area contributed by atoms with Crippen molar-refractivity contribution in [1.82, 2.24) is 10.6 Å². The van der Waals surface area contributed by atoms with E-state index in [4.69, 9.17) is 0 Å². The van der Waals surface area contributed by atoms with E-state index in [1.54, 1.807) is 47.0 Å². The molecule has 0 unspecified atom stereocenters. The lowest BCUT2D eigenvalue weighted by atomic mass is 10.6. The molecular formula is C14H26N2O2S4. The Hall–Kier alpha value is 0.0800. The molecule has 0 aliphatic heterocycles. The quantitative estimate of drug-likeness (QED) is 0.451. The van der Waals surface area contributed by atoms with Gasteiger partial charge >= 0.3 is 0 Å². The zero-order valence-electron chi connectivity index (χ0n) is 13.3. The smallest absolute Gasteiger partial charge is 0.230 e. The second-order valence-corrected chi connectivity index (χ2v) is 8.56. The molecule has 0 heterocycles. The van der Waals surface area contributed by atoms with Crippen LogP contribution < -0.4 is 10.6 Å². The highest BCUT2D eigenvalue weighted by Gasteiger charge is 1.99. The molecule has 0 saturated heterocycles. The molecule has 0 aromatic rings. The highest BCUT2D eigenvalue weighted by Crippen LogP contribution is 2.08. The maximum atomic E-state index is 11.3. The molecule has 0 aliphatic carbocycles. The number of rotatable bonds is 14. The van der Waals surface area contributed by atoms with Gasteiger partial charge in [-0.15, -0.1) is 23.5 Å². The van der Waals surface area contributed by atoms with Crippen LogP contribution in [0.4, 0.5) is 0 Å². The van der Waals surface area contributed by atoms with Crippen LogP contribution >= 0.6 is 47.0 Å². The first kappa shape index (κ1) is 22.1. The number of hydrogen-bond donors (Lipinski definition) is 2. The van der Waals surface area contributed by atoms with Crippen LogP contribution in [0.3, 0.4) is 0 Å². The Morgan fingerprint density at radius 1 is 0.818 bits per heavy atom. The van der Waals surface area contributed by atoms with E-state index in [2.05, 4.69) is 10.6 Å². The van der Waals surface area contributed by atoms with E-state index >= 15 is 0 Å². The van der Waals surface area contributed by atoms with Gasteiger partial charge in [0.2, 0.25) is 11.8 Å². The molecule has 0 saturated carbocycles. The van der Waals surface area contributed by atoms with Crippen LogP contribution in [0.1, 0.15) is 13.8 Å². The molecule has 0 rings (SSSR count). The Kier molecular flexibility index (Phi) is 17.5. The fraction of sp³-hybridized carbons (Fsp3) is 0.714. The van der Waals surface area contributed by atoms with Crippen LogP contribution in [0.15, 0.2) is 10.8 Å². The summed E-state index contributed by atoms with van der Waals surface area (Å²) in [5.74, 6) is 5.03. The van der Waals surface area contributed by atoms with Gasteiger partial charge in [0.1, 0.15) is 0 Å². The van der Waals surface area contributed by atoms with Crippen molar-refractivity contribution in [3.8, 4) is 0 Å². The molecule has 8 heteroatoms. The Morgan fingerprint density at radius 3 is 1.59 bits per heavy atom. The molecular weight excluding hydrogens is 356 g/mol. The summed E-state index contributed by atoms with van der Waals surface area (Å²) in [6, 6.07) is 0. The first-order chi connectivity index (χ1) is 10.7. The lowest BCUT2D eigenvalue weighted by Gasteiger charge is -2.03. The lowest BCUT2D eigenvalue weighted by Crippen LogP contribution is -2.27. The molecule has 2 N–H and O–H groups in total. The summed E-state index contributed by atoms with van der Waals surface area (Å²) >= 11 is 6.63. The van der Waals surface area contributed by atoms with Crippen molar-refractivity contribution in [3.05, 3.63) is 10.8 Å². The molecule has 0 aliphatic rings. The highest BCUT2D eigenvalue weighted by atomic mass is 32.2. The van der Waals surface area contributed by atoms with Crippen LogP contribution in [0.5, 0.6) is 0 Å². The summed E-state index contributed by atoms with van der Waals surface area (Å²) in [7, 11) is 0. The van der Waals surface area contributed by atoms with E-state index in [1.165, 1.54) is 0 Å². The molecule has 0 atom stereocenters. The molecule has 0 aromatic heterocycles. The zero-order chi connectivity index (χ0) is 16.5. The van der Waals surface area contributed by atoms with Crippen molar-refractivity contribution < 1.29 is 9.59 Å². The highest BCUT2D eigenvalue weighted by molar-refractivity contribution is 8.05. The fourth-order valence-corrected chi connectivity index (χ4v) is 3.53. The molecule has 4 nitrogen and oxygen atoms in total. The van der Waals surface area contributed by atoms with Gasteiger partial charge in [-0.25, -0.2) is 0 Å². The Labute approximate surface area is 151 Å². The first-order valence-electron chi connectivity index (χ1n) is 7.27. The average molecular weight is 383 g/mol. The van der Waals surface area contributed by atoms with E-state index in [9.17, 15) is 9.59 Å². The standard InChI is InChI=1S/C14H26N2O2S4/c1-3-19-11-13(17)15-5-7-21-9-10-22-8-6-16-14(18)12-20-4-2/h9-10H,3-8,11-12H2,1-2H3,(H,15,17)(H,16,18)/b10-9-. The third kappa shape index (κ3) is 16.5. The van der Waals surface area contributed by atoms with Crippen LogP contribution in [0.2, 0.25) is 0 Å². The first-order valence-corrected chi connectivity index (χ1v) is 11.7. The van der Waals surface area contributed by atoms with Crippen molar-refractivity contribution >= 4 is 58.9 Å². The van der Waals surface area contributed by atoms with Gasteiger partial charge in [-0.3, -0.25) is 9.59 Å². The maximum absolute atomic E-state index is 11.3. The number of amides is 2. The minimum atomic E-state index is 0.114. The predicted octanol–water partition coefficient (Wildman–Crippen LogP) is 2.66. The Morgan fingerprint density at radius 2 is 1.23 bits per heavy atom. The van der Waals surface area contributed by atoms with E-state index in [1.807, 2.05) is 24.7 Å². The maximum Gasteiger partial charge on any atom is 0.230 e. The Bertz CT molecular complexity index is 298. The van der Waals surface area contributed by atoms with E-state index < -0.39 is 0 Å². The molecule has 0 bridgehead atoms. The van der Waals surface area contributed by atoms with Gasteiger partial charge in [0, 0.05) is 24.6 Å². The van der Waals surface area contributed by atoms with Crippen LogP contribution in [0, 0.1) is 0 Å². The van der Waals surface area contributed by atoms with Crippen molar-refractivity contribution in [2.45, 2.75) is 13.8 Å². The SMILES string of the molecule is CCSCC(=O)NCCS/C=C\SCCNC(=O)CSCC. The van der Waals surface area contributed by atoms with E-state index in [-0.39, 0.29) is 11.8 Å². The van der Waals surface area contributed by atoms with Gasteiger partial charge in [-0.1, -0.05) is 13.8 Å². The average Bonchev–Trinajstić information content (AvgIpc) is 2.52. The number of carbonyl (C=O) groups is 2. The van der Waals surface area contributed by atoms with E-state index in [0.717, 1.165) is 23.0 Å². The number of hydrogen-bond acceptors (Lipinski definition) is 6. The van der Waals surface area contributed by atoms with Crippen molar-refractivity contribution in [2.75, 3.05) is 47.6 Å². The van der Waals surface area contributed by atoms with Gasteiger partial charge in [0.05, 0.1) is 11.5 Å². The molecule has 0 radical (unpaired) electrons. The summed E-state index contributed by atoms with van der Waals surface area (Å²) < 4.78 is 0. The normalized spacial score (nSPS) is 10.8. The fourth-order valence-electron chi connectivity index (χ4n) is 1.20. The zero-order valence-corrected chi connectivity index (χ0v) is 16.5. The van der Waals surface area contributed by atoms with Gasteiger partial charge in [-0.2, -0.15) is 23.5 Å². The third-order valence-electron chi connectivity index (χ3n) is 2.21. The largest absolute Gasteiger partial charge is 0.355 e. The lowest BCUT2D eigenvalue weighted by molar-refractivity contribution is -0.119. The number of carbonyl (C=O) groups excluding carboxylic acids is 2. The minimum absolute atomic E-state index is 0.114. The van der Waals surface area contributed by atoms with Crippen molar-refractivity contribution in [3.63, 3.8) is 0 Å². The molecule has 128 valence electrons. The van der Waals surface area contributed by atoms with Crippen LogP contribution in [-0.2, 0) is 9.59 Å².